The molecule has 0 aromatic heterocycles. The maximum atomic E-state index is 14.5. The van der Waals surface area contributed by atoms with Crippen molar-refractivity contribution in [2.45, 2.75) is 17.9 Å². The van der Waals surface area contributed by atoms with Crippen LogP contribution in [-0.2, 0) is 14.8 Å². The number of ether oxygens (including phenoxy) is 1. The van der Waals surface area contributed by atoms with Crippen LogP contribution < -0.4 is 14.5 Å². The molecule has 0 radical (unpaired) electrons. The van der Waals surface area contributed by atoms with Gasteiger partial charge in [0.15, 0.2) is 0 Å². The molecule has 0 spiro atoms. The molecule has 35 heavy (non-hydrogen) atoms. The monoisotopic (exact) mass is 513 g/mol. The van der Waals surface area contributed by atoms with Gasteiger partial charge in [0, 0.05) is 11.5 Å². The second-order valence-electron chi connectivity index (χ2n) is 7.92. The normalized spacial score (nSPS) is 13.9. The Hall–Kier alpha value is -3.37. The van der Waals surface area contributed by atoms with Crippen LogP contribution in [0.4, 0.5) is 10.1 Å². The molecule has 10 heteroatoms. The molecule has 7 nitrogen and oxygen atoms in total. The maximum absolute atomic E-state index is 14.5. The molecule has 1 N–H and O–H groups in total. The molecule has 3 aromatic rings. The van der Waals surface area contributed by atoms with Crippen molar-refractivity contribution in [1.29, 1.82) is 0 Å². The van der Waals surface area contributed by atoms with Crippen LogP contribution >= 0.6 is 11.8 Å². The Labute approximate surface area is 208 Å². The first-order valence-electron chi connectivity index (χ1n) is 10.8. The Morgan fingerprint density at radius 2 is 1.80 bits per heavy atom. The molecular weight excluding hydrogens is 489 g/mol. The fourth-order valence-electron chi connectivity index (χ4n) is 3.24. The van der Waals surface area contributed by atoms with E-state index in [1.165, 1.54) is 36.5 Å². The first-order chi connectivity index (χ1) is 16.8. The predicted octanol–water partition coefficient (Wildman–Crippen LogP) is 3.97. The maximum Gasteiger partial charge on any atom is 0.264 e. The van der Waals surface area contributed by atoms with Crippen molar-refractivity contribution in [1.82, 2.24) is 5.43 Å². The lowest BCUT2D eigenvalue weighted by atomic mass is 10.2. The van der Waals surface area contributed by atoms with Gasteiger partial charge in [0.05, 0.1) is 16.8 Å². The fraction of sp³-hybridized carbons (Fsp3) is 0.200. The number of aryl methyl sites for hydroxylation is 1. The van der Waals surface area contributed by atoms with Crippen molar-refractivity contribution < 1.29 is 22.3 Å². The number of carbonyl (C=O) groups is 1. The molecule has 0 saturated carbocycles. The Balaban J connectivity index is 1.46. The van der Waals surface area contributed by atoms with E-state index in [9.17, 15) is 17.6 Å². The van der Waals surface area contributed by atoms with Gasteiger partial charge in [-0.15, -0.1) is 0 Å². The highest BCUT2D eigenvalue weighted by molar-refractivity contribution is 8.00. The van der Waals surface area contributed by atoms with Gasteiger partial charge in [-0.2, -0.15) is 16.9 Å². The molecule has 1 heterocycles. The number of amides is 1. The van der Waals surface area contributed by atoms with Crippen molar-refractivity contribution in [2.24, 2.45) is 5.10 Å². The van der Waals surface area contributed by atoms with E-state index in [0.717, 1.165) is 38.8 Å². The van der Waals surface area contributed by atoms with E-state index in [2.05, 4.69) is 10.5 Å². The molecule has 0 atom stereocenters. The quantitative estimate of drug-likeness (QED) is 0.346. The predicted molar refractivity (Wildman–Crippen MR) is 136 cm³/mol. The number of hydrogen-bond donors (Lipinski definition) is 1. The summed E-state index contributed by atoms with van der Waals surface area (Å²) in [5, 5.41) is 3.91. The van der Waals surface area contributed by atoms with Gasteiger partial charge in [0.2, 0.25) is 0 Å². The van der Waals surface area contributed by atoms with Crippen LogP contribution in [0.5, 0.6) is 5.75 Å². The molecule has 3 aromatic carbocycles. The molecule has 1 amide bonds. The molecule has 1 fully saturated rings. The summed E-state index contributed by atoms with van der Waals surface area (Å²) in [6, 6.07) is 18.7. The molecule has 4 rings (SSSR count). The van der Waals surface area contributed by atoms with Gasteiger partial charge in [-0.3, -0.25) is 9.10 Å². The lowest BCUT2D eigenvalue weighted by molar-refractivity contribution is -0.119. The summed E-state index contributed by atoms with van der Waals surface area (Å²) in [4.78, 5) is 12.5. The van der Waals surface area contributed by atoms with E-state index in [-0.39, 0.29) is 16.7 Å². The number of halogens is 1. The highest BCUT2D eigenvalue weighted by atomic mass is 32.2. The molecule has 182 valence electrons. The van der Waals surface area contributed by atoms with Crippen LogP contribution in [0, 0.1) is 12.7 Å². The van der Waals surface area contributed by atoms with Crippen LogP contribution in [0.3, 0.4) is 0 Å². The SMILES string of the molecule is Cc1ccc(S(=O)(=O)N(CC(=O)N/N=C\c2ccc(OC3CSC3)cc2)c2ccccc2F)cc1. The molecular formula is C25H24FN3O4S2. The number of nitrogens with one attached hydrogen (secondary N) is 1. The number of nitrogens with zero attached hydrogens (tertiary/aromatic N) is 2. The fourth-order valence-corrected chi connectivity index (χ4v) is 5.24. The zero-order chi connectivity index (χ0) is 24.8. The standard InChI is InChI=1S/C25H24FN3O4S2/c1-18-6-12-22(13-7-18)35(31,32)29(24-5-3-2-4-23(24)26)15-25(30)28-27-14-19-8-10-20(11-9-19)33-21-16-34-17-21/h2-14,21H,15-17H2,1H3,(H,28,30)/b27-14-. The van der Waals surface area contributed by atoms with Crippen LogP contribution in [0.2, 0.25) is 0 Å². The number of benzene rings is 3. The number of para-hydroxylation sites is 1. The number of sulfonamides is 1. The van der Waals surface area contributed by atoms with E-state index in [0.29, 0.717) is 0 Å². The number of carbonyl (C=O) groups excluding carboxylic acids is 1. The average Bonchev–Trinajstić information content (AvgIpc) is 2.81. The van der Waals surface area contributed by atoms with Crippen molar-refractivity contribution in [3.8, 4) is 5.75 Å². The Bertz CT molecular complexity index is 1310. The zero-order valence-electron chi connectivity index (χ0n) is 18.9. The minimum Gasteiger partial charge on any atom is -0.489 e. The lowest BCUT2D eigenvalue weighted by Crippen LogP contribution is -2.40. The number of hydrazone groups is 1. The van der Waals surface area contributed by atoms with Crippen LogP contribution in [0.25, 0.3) is 0 Å². The summed E-state index contributed by atoms with van der Waals surface area (Å²) in [7, 11) is -4.21. The van der Waals surface area contributed by atoms with Gasteiger partial charge in [0.25, 0.3) is 15.9 Å². The minimum absolute atomic E-state index is 0.0505. The van der Waals surface area contributed by atoms with Gasteiger partial charge >= 0.3 is 0 Å². The van der Waals surface area contributed by atoms with Gasteiger partial charge in [-0.25, -0.2) is 18.2 Å². The van der Waals surface area contributed by atoms with Gasteiger partial charge in [0.1, 0.15) is 24.2 Å². The summed E-state index contributed by atoms with van der Waals surface area (Å²) >= 11 is 1.84. The van der Waals surface area contributed by atoms with Crippen LogP contribution in [0.1, 0.15) is 11.1 Å². The third-order valence-corrected chi connectivity index (χ3v) is 8.20. The van der Waals surface area contributed by atoms with Crippen molar-refractivity contribution in [2.75, 3.05) is 22.4 Å². The lowest BCUT2D eigenvalue weighted by Gasteiger charge is -2.25. The molecule has 1 aliphatic rings. The van der Waals surface area contributed by atoms with Crippen LogP contribution in [0.15, 0.2) is 82.8 Å². The molecule has 0 bridgehead atoms. The largest absolute Gasteiger partial charge is 0.489 e. The minimum atomic E-state index is -4.21. The van der Waals surface area contributed by atoms with Crippen LogP contribution in [-0.4, -0.2) is 44.7 Å². The second kappa shape index (κ2) is 10.9. The summed E-state index contributed by atoms with van der Waals surface area (Å²) in [5.74, 6) is 1.25. The Morgan fingerprint density at radius 3 is 2.43 bits per heavy atom. The van der Waals surface area contributed by atoms with E-state index < -0.39 is 28.3 Å². The highest BCUT2D eigenvalue weighted by Gasteiger charge is 2.29. The zero-order valence-corrected chi connectivity index (χ0v) is 20.6. The van der Waals surface area contributed by atoms with E-state index in [1.54, 1.807) is 24.3 Å². The van der Waals surface area contributed by atoms with Crippen molar-refractivity contribution in [3.05, 3.63) is 89.7 Å². The third kappa shape index (κ3) is 6.20. The van der Waals surface area contributed by atoms with Gasteiger partial charge in [-0.05, 0) is 61.0 Å². The highest BCUT2D eigenvalue weighted by Crippen LogP contribution is 2.26. The average molecular weight is 514 g/mol. The second-order valence-corrected chi connectivity index (χ2v) is 10.9. The number of anilines is 1. The summed E-state index contributed by atoms with van der Waals surface area (Å²) in [6.07, 6.45) is 1.68. The molecule has 1 aliphatic heterocycles. The summed E-state index contributed by atoms with van der Waals surface area (Å²) in [5.41, 5.74) is 3.68. The summed E-state index contributed by atoms with van der Waals surface area (Å²) in [6.45, 7) is 1.17. The Kier molecular flexibility index (Phi) is 7.72. The smallest absolute Gasteiger partial charge is 0.264 e. The van der Waals surface area contributed by atoms with Crippen molar-refractivity contribution in [3.63, 3.8) is 0 Å². The summed E-state index contributed by atoms with van der Waals surface area (Å²) < 4.78 is 47.6. The molecule has 0 unspecified atom stereocenters. The third-order valence-electron chi connectivity index (χ3n) is 5.21. The molecule has 0 aliphatic carbocycles. The topological polar surface area (TPSA) is 88.1 Å². The van der Waals surface area contributed by atoms with Crippen molar-refractivity contribution >= 4 is 39.6 Å². The first kappa shape index (κ1) is 24.7. The van der Waals surface area contributed by atoms with Gasteiger partial charge < -0.3 is 4.74 Å². The number of hydrogen-bond acceptors (Lipinski definition) is 6. The first-order valence-corrected chi connectivity index (χ1v) is 13.4. The van der Waals surface area contributed by atoms with E-state index >= 15 is 0 Å². The van der Waals surface area contributed by atoms with Gasteiger partial charge in [-0.1, -0.05) is 29.8 Å². The van der Waals surface area contributed by atoms with E-state index in [1.807, 2.05) is 30.8 Å². The van der Waals surface area contributed by atoms with E-state index in [4.69, 9.17) is 4.74 Å². The number of rotatable bonds is 9. The Morgan fingerprint density at radius 1 is 1.11 bits per heavy atom. The number of thioether (sulfide) groups is 1. The molecule has 1 saturated heterocycles.